The van der Waals surface area contributed by atoms with Gasteiger partial charge in [-0.1, -0.05) is 42.1 Å². The monoisotopic (exact) mass is 453 g/mol. The number of ether oxygens (including phenoxy) is 2. The van der Waals surface area contributed by atoms with Crippen LogP contribution in [0.2, 0.25) is 0 Å². The van der Waals surface area contributed by atoms with Gasteiger partial charge in [-0.3, -0.25) is 9.89 Å². The Morgan fingerprint density at radius 3 is 2.74 bits per heavy atom. The molecule has 2 heterocycles. The number of thiazole rings is 1. The first-order chi connectivity index (χ1) is 15.2. The summed E-state index contributed by atoms with van der Waals surface area (Å²) in [5, 5.41) is 12.8. The first-order valence-corrected chi connectivity index (χ1v) is 11.1. The molecule has 0 spiro atoms. The van der Waals surface area contributed by atoms with E-state index in [4.69, 9.17) is 9.47 Å². The van der Waals surface area contributed by atoms with Crippen molar-refractivity contribution in [2.75, 3.05) is 25.3 Å². The maximum atomic E-state index is 12.3. The molecule has 4 rings (SSSR count). The lowest BCUT2D eigenvalue weighted by atomic mass is 10.1. The van der Waals surface area contributed by atoms with Crippen molar-refractivity contribution < 1.29 is 14.3 Å². The number of nitrogens with one attached hydrogen (secondary N) is 2. The predicted octanol–water partition coefficient (Wildman–Crippen LogP) is 4.34. The van der Waals surface area contributed by atoms with Crippen LogP contribution in [0.1, 0.15) is 0 Å². The van der Waals surface area contributed by atoms with Crippen LogP contribution >= 0.6 is 23.1 Å². The Morgan fingerprint density at radius 1 is 1.13 bits per heavy atom. The van der Waals surface area contributed by atoms with Crippen LogP contribution in [0, 0.1) is 0 Å². The number of anilines is 1. The van der Waals surface area contributed by atoms with Crippen LogP contribution in [0.5, 0.6) is 11.5 Å². The van der Waals surface area contributed by atoms with E-state index in [9.17, 15) is 4.79 Å². The molecule has 4 aromatic rings. The van der Waals surface area contributed by atoms with Gasteiger partial charge in [-0.2, -0.15) is 0 Å². The van der Waals surface area contributed by atoms with E-state index in [0.717, 1.165) is 11.1 Å². The maximum Gasteiger partial charge on any atom is 0.236 e. The van der Waals surface area contributed by atoms with Crippen molar-refractivity contribution in [1.29, 1.82) is 0 Å². The molecule has 0 aliphatic heterocycles. The fourth-order valence-electron chi connectivity index (χ4n) is 2.79. The lowest BCUT2D eigenvalue weighted by molar-refractivity contribution is -0.113. The number of carbonyl (C=O) groups excluding carboxylic acids is 1. The fourth-order valence-corrected chi connectivity index (χ4v) is 4.11. The van der Waals surface area contributed by atoms with Crippen molar-refractivity contribution in [2.45, 2.75) is 5.16 Å². The molecule has 0 aliphatic rings. The highest BCUT2D eigenvalue weighted by Gasteiger charge is 2.14. The standard InChI is InChI=1S/C21H19N5O3S2/c1-28-14-8-9-15(17(10-14)29-2)16-11-30-20(22-16)23-18(27)12-31-21-24-19(25-26-21)13-6-4-3-5-7-13/h3-11H,12H2,1-2H3,(H,22,23,27)(H,24,25,26). The molecule has 0 bridgehead atoms. The zero-order valence-electron chi connectivity index (χ0n) is 16.8. The predicted molar refractivity (Wildman–Crippen MR) is 122 cm³/mol. The second kappa shape index (κ2) is 9.63. The highest BCUT2D eigenvalue weighted by Crippen LogP contribution is 2.34. The summed E-state index contributed by atoms with van der Waals surface area (Å²) >= 11 is 2.60. The van der Waals surface area contributed by atoms with E-state index in [1.165, 1.54) is 23.1 Å². The van der Waals surface area contributed by atoms with Gasteiger partial charge in [0.25, 0.3) is 0 Å². The van der Waals surface area contributed by atoms with Crippen LogP contribution in [-0.2, 0) is 4.79 Å². The summed E-state index contributed by atoms with van der Waals surface area (Å²) in [7, 11) is 3.20. The summed E-state index contributed by atoms with van der Waals surface area (Å²) in [5.74, 6) is 2.01. The Kier molecular flexibility index (Phi) is 6.48. The number of methoxy groups -OCH3 is 2. The zero-order chi connectivity index (χ0) is 21.6. The lowest BCUT2D eigenvalue weighted by Crippen LogP contribution is -2.13. The number of nitrogens with zero attached hydrogens (tertiary/aromatic N) is 3. The smallest absolute Gasteiger partial charge is 0.236 e. The molecule has 158 valence electrons. The molecule has 8 nitrogen and oxygen atoms in total. The van der Waals surface area contributed by atoms with E-state index >= 15 is 0 Å². The van der Waals surface area contributed by atoms with Crippen molar-refractivity contribution in [3.63, 3.8) is 0 Å². The van der Waals surface area contributed by atoms with Crippen molar-refractivity contribution in [1.82, 2.24) is 20.2 Å². The van der Waals surface area contributed by atoms with Gasteiger partial charge in [-0.15, -0.1) is 16.4 Å². The van der Waals surface area contributed by atoms with E-state index < -0.39 is 0 Å². The van der Waals surface area contributed by atoms with Gasteiger partial charge < -0.3 is 14.8 Å². The summed E-state index contributed by atoms with van der Waals surface area (Å²) in [6.07, 6.45) is 0. The highest BCUT2D eigenvalue weighted by atomic mass is 32.2. The van der Waals surface area contributed by atoms with Gasteiger partial charge >= 0.3 is 0 Å². The number of hydrogen-bond donors (Lipinski definition) is 2. The average Bonchev–Trinajstić information content (AvgIpc) is 3.47. The molecule has 0 unspecified atom stereocenters. The van der Waals surface area contributed by atoms with Crippen LogP contribution in [0.4, 0.5) is 5.13 Å². The number of aromatic amines is 1. The molecule has 0 saturated carbocycles. The molecule has 2 N–H and O–H groups in total. The molecule has 10 heteroatoms. The molecule has 0 saturated heterocycles. The second-order valence-electron chi connectivity index (χ2n) is 6.27. The molecular weight excluding hydrogens is 434 g/mol. The Morgan fingerprint density at radius 2 is 1.97 bits per heavy atom. The van der Waals surface area contributed by atoms with Crippen molar-refractivity contribution in [3.05, 3.63) is 53.9 Å². The first kappa shape index (κ1) is 20.9. The van der Waals surface area contributed by atoms with E-state index in [1.54, 1.807) is 20.3 Å². The normalized spacial score (nSPS) is 10.6. The number of aromatic nitrogens is 4. The second-order valence-corrected chi connectivity index (χ2v) is 8.07. The van der Waals surface area contributed by atoms with Gasteiger partial charge in [-0.25, -0.2) is 9.97 Å². The molecular formula is C21H19N5O3S2. The van der Waals surface area contributed by atoms with Crippen molar-refractivity contribution in [3.8, 4) is 34.1 Å². The summed E-state index contributed by atoms with van der Waals surface area (Å²) < 4.78 is 10.7. The zero-order valence-corrected chi connectivity index (χ0v) is 18.4. The number of rotatable bonds is 8. The molecule has 0 atom stereocenters. The van der Waals surface area contributed by atoms with Crippen LogP contribution < -0.4 is 14.8 Å². The summed E-state index contributed by atoms with van der Waals surface area (Å²) in [5.41, 5.74) is 2.48. The Labute approximate surface area is 187 Å². The topological polar surface area (TPSA) is 102 Å². The van der Waals surface area contributed by atoms with Crippen LogP contribution in [0.15, 0.2) is 59.1 Å². The van der Waals surface area contributed by atoms with E-state index in [-0.39, 0.29) is 11.7 Å². The van der Waals surface area contributed by atoms with Gasteiger partial charge in [0.2, 0.25) is 11.1 Å². The van der Waals surface area contributed by atoms with Gasteiger partial charge in [0.1, 0.15) is 11.5 Å². The molecule has 31 heavy (non-hydrogen) atoms. The summed E-state index contributed by atoms with van der Waals surface area (Å²) in [6, 6.07) is 15.2. The van der Waals surface area contributed by atoms with E-state index in [1.807, 2.05) is 47.8 Å². The third-order valence-corrected chi connectivity index (χ3v) is 5.88. The van der Waals surface area contributed by atoms with E-state index in [0.29, 0.717) is 33.3 Å². The lowest BCUT2D eigenvalue weighted by Gasteiger charge is -2.08. The fraction of sp³-hybridized carbons (Fsp3) is 0.143. The quantitative estimate of drug-likeness (QED) is 0.383. The number of H-pyrrole nitrogens is 1. The molecule has 1 amide bonds. The minimum Gasteiger partial charge on any atom is -0.497 e. The summed E-state index contributed by atoms with van der Waals surface area (Å²) in [6.45, 7) is 0. The minimum atomic E-state index is -0.182. The SMILES string of the molecule is COc1ccc(-c2csc(NC(=O)CSc3n[nH]c(-c4ccccc4)n3)n2)c(OC)c1. The number of hydrogen-bond acceptors (Lipinski definition) is 8. The average molecular weight is 454 g/mol. The number of benzene rings is 2. The third kappa shape index (κ3) is 5.04. The largest absolute Gasteiger partial charge is 0.497 e. The van der Waals surface area contributed by atoms with Crippen molar-refractivity contribution in [2.24, 2.45) is 0 Å². The third-order valence-electron chi connectivity index (χ3n) is 4.28. The molecule has 2 aromatic carbocycles. The van der Waals surface area contributed by atoms with E-state index in [2.05, 4.69) is 25.5 Å². The van der Waals surface area contributed by atoms with Crippen LogP contribution in [-0.4, -0.2) is 46.0 Å². The maximum absolute atomic E-state index is 12.3. The molecule has 0 fully saturated rings. The number of carbonyl (C=O) groups is 1. The molecule has 0 aliphatic carbocycles. The van der Waals surface area contributed by atoms with Gasteiger partial charge in [0.05, 0.1) is 25.7 Å². The molecule has 2 aromatic heterocycles. The van der Waals surface area contributed by atoms with Gasteiger partial charge in [0, 0.05) is 22.6 Å². The van der Waals surface area contributed by atoms with Crippen molar-refractivity contribution >= 4 is 34.1 Å². The number of amides is 1. The number of thioether (sulfide) groups is 1. The minimum absolute atomic E-state index is 0.173. The highest BCUT2D eigenvalue weighted by molar-refractivity contribution is 7.99. The van der Waals surface area contributed by atoms with Crippen LogP contribution in [0.25, 0.3) is 22.6 Å². The molecule has 0 radical (unpaired) electrons. The Bertz CT molecular complexity index is 1180. The first-order valence-electron chi connectivity index (χ1n) is 9.24. The Balaban J connectivity index is 1.36. The van der Waals surface area contributed by atoms with Crippen LogP contribution in [0.3, 0.4) is 0 Å². The Hall–Kier alpha value is -3.37. The summed E-state index contributed by atoms with van der Waals surface area (Å²) in [4.78, 5) is 21.3. The van der Waals surface area contributed by atoms with Gasteiger partial charge in [0.15, 0.2) is 11.0 Å². The van der Waals surface area contributed by atoms with Gasteiger partial charge in [-0.05, 0) is 12.1 Å².